The molecule has 5 heteroatoms. The van der Waals surface area contributed by atoms with Gasteiger partial charge in [-0.15, -0.1) is 0 Å². The second-order valence-corrected chi connectivity index (χ2v) is 6.06. The fourth-order valence-electron chi connectivity index (χ4n) is 2.98. The predicted molar refractivity (Wildman–Crippen MR) is 90.7 cm³/mol. The van der Waals surface area contributed by atoms with Crippen LogP contribution >= 0.6 is 0 Å². The summed E-state index contributed by atoms with van der Waals surface area (Å²) in [4.78, 5) is 30.7. The van der Waals surface area contributed by atoms with Crippen molar-refractivity contribution in [2.45, 2.75) is 18.9 Å². The zero-order chi connectivity index (χ0) is 17.3. The minimum Gasteiger partial charge on any atom is -0.375 e. The van der Waals surface area contributed by atoms with E-state index in [1.165, 1.54) is 17.3 Å². The number of aliphatic hydroxyl groups is 1. The SMILES string of the molecule is C=C(C)CN1C(=O)[C@](O)(CC(=O)c2ccncc2)c2ccccc21. The molecule has 0 aliphatic carbocycles. The van der Waals surface area contributed by atoms with Gasteiger partial charge in [-0.3, -0.25) is 14.6 Å². The largest absolute Gasteiger partial charge is 0.375 e. The number of carbonyl (C=O) groups excluding carboxylic acids is 2. The molecule has 0 spiro atoms. The molecule has 1 aromatic heterocycles. The number of pyridine rings is 1. The molecule has 2 aromatic rings. The topological polar surface area (TPSA) is 70.5 Å². The van der Waals surface area contributed by atoms with Crippen molar-refractivity contribution in [2.75, 3.05) is 11.4 Å². The fourth-order valence-corrected chi connectivity index (χ4v) is 2.98. The molecule has 0 bridgehead atoms. The van der Waals surface area contributed by atoms with E-state index >= 15 is 0 Å². The number of carbonyl (C=O) groups is 2. The normalized spacial score (nSPS) is 19.2. The number of hydrogen-bond donors (Lipinski definition) is 1. The molecule has 1 aliphatic heterocycles. The van der Waals surface area contributed by atoms with Crippen LogP contribution in [-0.2, 0) is 10.4 Å². The summed E-state index contributed by atoms with van der Waals surface area (Å²) in [5.41, 5.74) is 0.436. The Kier molecular flexibility index (Phi) is 4.03. The lowest BCUT2D eigenvalue weighted by atomic mass is 9.88. The standard InChI is InChI=1S/C19H18N2O3/c1-13(2)12-21-16-6-4-3-5-15(16)19(24,18(21)23)11-17(22)14-7-9-20-10-8-14/h3-10,24H,1,11-12H2,2H3/t19-/m0/s1. The van der Waals surface area contributed by atoms with Crippen molar-refractivity contribution in [1.29, 1.82) is 0 Å². The molecule has 5 nitrogen and oxygen atoms in total. The van der Waals surface area contributed by atoms with E-state index in [-0.39, 0.29) is 12.2 Å². The minimum absolute atomic E-state index is 0.305. The summed E-state index contributed by atoms with van der Waals surface area (Å²) in [5, 5.41) is 11.1. The number of amides is 1. The summed E-state index contributed by atoms with van der Waals surface area (Å²) in [6, 6.07) is 10.1. The number of benzene rings is 1. The summed E-state index contributed by atoms with van der Waals surface area (Å²) in [6.07, 6.45) is 2.71. The number of para-hydroxylation sites is 1. The number of rotatable bonds is 5. The molecule has 1 aromatic carbocycles. The molecule has 0 unspecified atom stereocenters. The Morgan fingerprint density at radius 2 is 1.92 bits per heavy atom. The van der Waals surface area contributed by atoms with Crippen LogP contribution in [0.5, 0.6) is 0 Å². The minimum atomic E-state index is -1.85. The monoisotopic (exact) mass is 322 g/mol. The lowest BCUT2D eigenvalue weighted by molar-refractivity contribution is -0.135. The summed E-state index contributed by atoms with van der Waals surface area (Å²) in [7, 11) is 0. The lowest BCUT2D eigenvalue weighted by Gasteiger charge is -2.22. The summed E-state index contributed by atoms with van der Waals surface area (Å²) < 4.78 is 0. The predicted octanol–water partition coefficient (Wildman–Crippen LogP) is 2.46. The van der Waals surface area contributed by atoms with Crippen molar-refractivity contribution in [3.8, 4) is 0 Å². The first-order valence-electron chi connectivity index (χ1n) is 7.65. The first kappa shape index (κ1) is 16.1. The second-order valence-electron chi connectivity index (χ2n) is 6.06. The Bertz CT molecular complexity index is 816. The number of anilines is 1. The van der Waals surface area contributed by atoms with Crippen molar-refractivity contribution < 1.29 is 14.7 Å². The average molecular weight is 322 g/mol. The van der Waals surface area contributed by atoms with Crippen LogP contribution in [0.1, 0.15) is 29.3 Å². The lowest BCUT2D eigenvalue weighted by Crippen LogP contribution is -2.42. The molecule has 24 heavy (non-hydrogen) atoms. The molecule has 1 amide bonds. The van der Waals surface area contributed by atoms with Gasteiger partial charge in [0.15, 0.2) is 11.4 Å². The van der Waals surface area contributed by atoms with Crippen LogP contribution in [0.25, 0.3) is 0 Å². The third kappa shape index (κ3) is 2.63. The summed E-state index contributed by atoms with van der Waals surface area (Å²) in [6.45, 7) is 5.95. The van der Waals surface area contributed by atoms with Gasteiger partial charge in [0.1, 0.15) is 0 Å². The second kappa shape index (κ2) is 6.02. The van der Waals surface area contributed by atoms with Crippen molar-refractivity contribution in [3.63, 3.8) is 0 Å². The molecule has 1 N–H and O–H groups in total. The van der Waals surface area contributed by atoms with Crippen LogP contribution in [0.15, 0.2) is 60.9 Å². The highest BCUT2D eigenvalue weighted by atomic mass is 16.3. The number of nitrogens with zero attached hydrogens (tertiary/aromatic N) is 2. The average Bonchev–Trinajstić information content (AvgIpc) is 2.78. The number of fused-ring (bicyclic) bond motifs is 1. The molecule has 122 valence electrons. The Morgan fingerprint density at radius 1 is 1.25 bits per heavy atom. The molecule has 2 heterocycles. The number of Topliss-reactive ketones (excluding diaryl/α,β-unsaturated/α-hetero) is 1. The van der Waals surface area contributed by atoms with E-state index in [2.05, 4.69) is 11.6 Å². The Morgan fingerprint density at radius 3 is 2.58 bits per heavy atom. The highest BCUT2D eigenvalue weighted by Gasteiger charge is 2.50. The van der Waals surface area contributed by atoms with Gasteiger partial charge in [0.05, 0.1) is 12.1 Å². The van der Waals surface area contributed by atoms with Crippen LogP contribution in [0, 0.1) is 0 Å². The molecular weight excluding hydrogens is 304 g/mol. The smallest absolute Gasteiger partial charge is 0.264 e. The molecule has 0 radical (unpaired) electrons. The van der Waals surface area contributed by atoms with E-state index < -0.39 is 11.5 Å². The van der Waals surface area contributed by atoms with Gasteiger partial charge in [0, 0.05) is 30.1 Å². The van der Waals surface area contributed by atoms with Crippen LogP contribution in [0.4, 0.5) is 5.69 Å². The van der Waals surface area contributed by atoms with Gasteiger partial charge in [0.2, 0.25) is 0 Å². The van der Waals surface area contributed by atoms with Gasteiger partial charge in [-0.25, -0.2) is 0 Å². The van der Waals surface area contributed by atoms with Gasteiger partial charge in [-0.1, -0.05) is 30.4 Å². The van der Waals surface area contributed by atoms with E-state index in [1.807, 2.05) is 6.92 Å². The van der Waals surface area contributed by atoms with E-state index in [0.717, 1.165) is 5.57 Å². The van der Waals surface area contributed by atoms with Gasteiger partial charge < -0.3 is 10.0 Å². The molecule has 0 fully saturated rings. The molecule has 1 atom stereocenters. The molecular formula is C19H18N2O3. The molecule has 1 aliphatic rings. The van der Waals surface area contributed by atoms with Crippen molar-refractivity contribution in [2.24, 2.45) is 0 Å². The van der Waals surface area contributed by atoms with Crippen molar-refractivity contribution >= 4 is 17.4 Å². The van der Waals surface area contributed by atoms with Gasteiger partial charge in [-0.05, 0) is 25.1 Å². The zero-order valence-electron chi connectivity index (χ0n) is 13.4. The number of aromatic nitrogens is 1. The first-order valence-corrected chi connectivity index (χ1v) is 7.65. The highest BCUT2D eigenvalue weighted by molar-refractivity contribution is 6.10. The van der Waals surface area contributed by atoms with Crippen LogP contribution in [0.2, 0.25) is 0 Å². The maximum absolute atomic E-state index is 12.9. The number of ketones is 1. The third-order valence-corrected chi connectivity index (χ3v) is 4.09. The van der Waals surface area contributed by atoms with Crippen LogP contribution < -0.4 is 4.90 Å². The van der Waals surface area contributed by atoms with Crippen molar-refractivity contribution in [1.82, 2.24) is 4.98 Å². The third-order valence-electron chi connectivity index (χ3n) is 4.09. The summed E-state index contributed by atoms with van der Waals surface area (Å²) in [5.74, 6) is -0.797. The van der Waals surface area contributed by atoms with Crippen LogP contribution in [0.3, 0.4) is 0 Å². The van der Waals surface area contributed by atoms with Gasteiger partial charge in [-0.2, -0.15) is 0 Å². The quantitative estimate of drug-likeness (QED) is 0.678. The summed E-state index contributed by atoms with van der Waals surface area (Å²) >= 11 is 0. The Labute approximate surface area is 140 Å². The van der Waals surface area contributed by atoms with E-state index in [0.29, 0.717) is 23.4 Å². The molecule has 0 saturated carbocycles. The van der Waals surface area contributed by atoms with E-state index in [1.54, 1.807) is 36.4 Å². The van der Waals surface area contributed by atoms with Crippen molar-refractivity contribution in [3.05, 3.63) is 72.1 Å². The zero-order valence-corrected chi connectivity index (χ0v) is 13.4. The Balaban J connectivity index is 1.98. The van der Waals surface area contributed by atoms with Gasteiger partial charge in [0.25, 0.3) is 5.91 Å². The van der Waals surface area contributed by atoms with E-state index in [9.17, 15) is 14.7 Å². The molecule has 3 rings (SSSR count). The number of hydrogen-bond acceptors (Lipinski definition) is 4. The Hall–Kier alpha value is -2.79. The fraction of sp³-hybridized carbons (Fsp3) is 0.211. The van der Waals surface area contributed by atoms with Crippen LogP contribution in [-0.4, -0.2) is 28.3 Å². The first-order chi connectivity index (χ1) is 11.4. The maximum atomic E-state index is 12.9. The maximum Gasteiger partial charge on any atom is 0.264 e. The molecule has 0 saturated heterocycles. The van der Waals surface area contributed by atoms with E-state index in [4.69, 9.17) is 0 Å². The highest BCUT2D eigenvalue weighted by Crippen LogP contribution is 2.42. The van der Waals surface area contributed by atoms with Gasteiger partial charge >= 0.3 is 0 Å².